The van der Waals surface area contributed by atoms with Crippen LogP contribution in [0.4, 0.5) is 11.5 Å². The molecule has 0 spiro atoms. The number of aryl methyl sites for hydroxylation is 2. The Labute approximate surface area is 169 Å². The van der Waals surface area contributed by atoms with Gasteiger partial charge in [0.25, 0.3) is 11.5 Å². The molecule has 0 amide bonds. The average Bonchev–Trinajstić information content (AvgIpc) is 3.27. The minimum absolute atomic E-state index is 0.0294. The van der Waals surface area contributed by atoms with Crippen molar-refractivity contribution in [3.63, 3.8) is 0 Å². The summed E-state index contributed by atoms with van der Waals surface area (Å²) in [6.45, 7) is 3.81. The molecular formula is C19H15N9O2. The fourth-order valence-corrected chi connectivity index (χ4v) is 2.90. The number of aromatic nitrogens is 6. The first-order valence-electron chi connectivity index (χ1n) is 8.78. The molecule has 0 aliphatic heterocycles. The van der Waals surface area contributed by atoms with Gasteiger partial charge in [-0.05, 0) is 31.5 Å². The molecule has 0 aliphatic carbocycles. The van der Waals surface area contributed by atoms with Gasteiger partial charge in [-0.2, -0.15) is 15.0 Å². The van der Waals surface area contributed by atoms with Crippen molar-refractivity contribution in [1.29, 1.82) is 5.26 Å². The van der Waals surface area contributed by atoms with E-state index in [0.29, 0.717) is 5.69 Å². The van der Waals surface area contributed by atoms with Gasteiger partial charge in [0.1, 0.15) is 11.6 Å². The number of nitriles is 1. The Bertz CT molecular complexity index is 1360. The largest absolute Gasteiger partial charge is 0.492 e. The standard InChI is InChI=1S/C19H15N9O2/c1-11-4-5-14(12(2)8-11)27-18(30)15(17(29)26-27)24-25-16-13(9-20)10-23-28(16)19-21-6-3-7-22-19/h3-8,10,30H,1-2H3,(H,26,29). The Morgan fingerprint density at radius 1 is 1.20 bits per heavy atom. The highest BCUT2D eigenvalue weighted by Crippen LogP contribution is 2.29. The monoisotopic (exact) mass is 401 g/mol. The van der Waals surface area contributed by atoms with Gasteiger partial charge < -0.3 is 5.11 Å². The Hall–Kier alpha value is -4.59. The molecule has 3 heterocycles. The number of nitrogens with zero attached hydrogens (tertiary/aromatic N) is 8. The summed E-state index contributed by atoms with van der Waals surface area (Å²) in [6.07, 6.45) is 4.31. The molecule has 11 heteroatoms. The molecule has 4 aromatic rings. The van der Waals surface area contributed by atoms with Gasteiger partial charge in [-0.3, -0.25) is 9.89 Å². The maximum absolute atomic E-state index is 12.4. The minimum Gasteiger partial charge on any atom is -0.492 e. The summed E-state index contributed by atoms with van der Waals surface area (Å²) in [4.78, 5) is 20.5. The van der Waals surface area contributed by atoms with Gasteiger partial charge in [0.2, 0.25) is 11.6 Å². The lowest BCUT2D eigenvalue weighted by Gasteiger charge is -2.08. The van der Waals surface area contributed by atoms with Gasteiger partial charge in [-0.1, -0.05) is 17.7 Å². The number of aromatic amines is 1. The number of benzene rings is 1. The van der Waals surface area contributed by atoms with Crippen molar-refractivity contribution in [1.82, 2.24) is 29.5 Å². The molecule has 0 saturated heterocycles. The van der Waals surface area contributed by atoms with Crippen LogP contribution in [0, 0.1) is 25.2 Å². The van der Waals surface area contributed by atoms with Crippen LogP contribution in [0.15, 0.2) is 57.9 Å². The summed E-state index contributed by atoms with van der Waals surface area (Å²) >= 11 is 0. The predicted octanol–water partition coefficient (Wildman–Crippen LogP) is 2.75. The SMILES string of the molecule is Cc1ccc(-n2[nH]c(=O)c(N=Nc3c(C#N)cnn3-c3ncccn3)c2O)c(C)c1. The van der Waals surface area contributed by atoms with Crippen LogP contribution in [0.3, 0.4) is 0 Å². The molecule has 2 N–H and O–H groups in total. The Balaban J connectivity index is 1.78. The maximum Gasteiger partial charge on any atom is 0.296 e. The topological polar surface area (TPSA) is 150 Å². The number of nitrogens with one attached hydrogen (secondary N) is 1. The van der Waals surface area contributed by atoms with Crippen LogP contribution in [0.25, 0.3) is 11.6 Å². The van der Waals surface area contributed by atoms with E-state index in [-0.39, 0.29) is 23.0 Å². The molecule has 0 bridgehead atoms. The second-order valence-corrected chi connectivity index (χ2v) is 6.39. The Kier molecular flexibility index (Phi) is 4.65. The molecule has 0 atom stereocenters. The first kappa shape index (κ1) is 18.8. The lowest BCUT2D eigenvalue weighted by Crippen LogP contribution is -2.05. The van der Waals surface area contributed by atoms with Gasteiger partial charge in [-0.15, -0.1) is 10.2 Å². The lowest BCUT2D eigenvalue weighted by atomic mass is 10.1. The molecule has 11 nitrogen and oxygen atoms in total. The van der Waals surface area contributed by atoms with Crippen LogP contribution < -0.4 is 5.56 Å². The Morgan fingerprint density at radius 2 is 1.97 bits per heavy atom. The number of hydrogen-bond donors (Lipinski definition) is 2. The van der Waals surface area contributed by atoms with E-state index in [1.54, 1.807) is 12.1 Å². The van der Waals surface area contributed by atoms with Gasteiger partial charge >= 0.3 is 0 Å². The van der Waals surface area contributed by atoms with E-state index in [4.69, 9.17) is 0 Å². The third-order valence-electron chi connectivity index (χ3n) is 4.30. The Morgan fingerprint density at radius 3 is 2.67 bits per heavy atom. The highest BCUT2D eigenvalue weighted by molar-refractivity contribution is 5.53. The summed E-state index contributed by atoms with van der Waals surface area (Å²) in [6, 6.07) is 9.14. The maximum atomic E-state index is 12.4. The summed E-state index contributed by atoms with van der Waals surface area (Å²) in [5.74, 6) is -0.197. The van der Waals surface area contributed by atoms with Crippen LogP contribution in [-0.2, 0) is 0 Å². The third kappa shape index (κ3) is 3.22. The first-order chi connectivity index (χ1) is 14.5. The first-order valence-corrected chi connectivity index (χ1v) is 8.78. The summed E-state index contributed by atoms with van der Waals surface area (Å²) < 4.78 is 2.45. The van der Waals surface area contributed by atoms with Gasteiger partial charge in [0, 0.05) is 12.4 Å². The number of aromatic hydroxyl groups is 1. The highest BCUT2D eigenvalue weighted by atomic mass is 16.3. The fraction of sp³-hybridized carbons (Fsp3) is 0.105. The highest BCUT2D eigenvalue weighted by Gasteiger charge is 2.18. The van der Waals surface area contributed by atoms with Crippen molar-refractivity contribution >= 4 is 11.5 Å². The van der Waals surface area contributed by atoms with Gasteiger partial charge in [0.05, 0.1) is 11.9 Å². The minimum atomic E-state index is -0.642. The van der Waals surface area contributed by atoms with Crippen molar-refractivity contribution in [2.45, 2.75) is 13.8 Å². The van der Waals surface area contributed by atoms with Crippen molar-refractivity contribution in [2.75, 3.05) is 0 Å². The van der Waals surface area contributed by atoms with Crippen molar-refractivity contribution in [3.8, 4) is 23.6 Å². The zero-order valence-electron chi connectivity index (χ0n) is 16.0. The molecule has 4 rings (SSSR count). The molecule has 0 unspecified atom stereocenters. The number of H-pyrrole nitrogens is 1. The molecule has 148 valence electrons. The van der Waals surface area contributed by atoms with E-state index >= 15 is 0 Å². The van der Waals surface area contributed by atoms with Crippen LogP contribution >= 0.6 is 0 Å². The zero-order chi connectivity index (χ0) is 21.3. The molecule has 0 fully saturated rings. The van der Waals surface area contributed by atoms with Crippen molar-refractivity contribution in [2.24, 2.45) is 10.2 Å². The summed E-state index contributed by atoms with van der Waals surface area (Å²) in [5, 5.41) is 34.3. The molecule has 30 heavy (non-hydrogen) atoms. The van der Waals surface area contributed by atoms with Crippen LogP contribution in [-0.4, -0.2) is 34.6 Å². The third-order valence-corrected chi connectivity index (χ3v) is 4.30. The lowest BCUT2D eigenvalue weighted by molar-refractivity contribution is 0.434. The van der Waals surface area contributed by atoms with Crippen LogP contribution in [0.5, 0.6) is 5.88 Å². The normalized spacial score (nSPS) is 11.1. The molecule has 0 aliphatic rings. The predicted molar refractivity (Wildman–Crippen MR) is 106 cm³/mol. The quantitative estimate of drug-likeness (QED) is 0.502. The van der Waals surface area contributed by atoms with Crippen molar-refractivity contribution < 1.29 is 5.11 Å². The average molecular weight is 401 g/mol. The number of hydrogen-bond acceptors (Lipinski definition) is 8. The van der Waals surface area contributed by atoms with E-state index in [1.807, 2.05) is 32.0 Å². The fourth-order valence-electron chi connectivity index (χ4n) is 2.90. The van der Waals surface area contributed by atoms with Crippen LogP contribution in [0.2, 0.25) is 0 Å². The molecule has 1 aromatic carbocycles. The van der Waals surface area contributed by atoms with E-state index in [2.05, 4.69) is 30.4 Å². The van der Waals surface area contributed by atoms with E-state index in [9.17, 15) is 15.2 Å². The number of azo groups is 1. The van der Waals surface area contributed by atoms with E-state index in [0.717, 1.165) is 11.1 Å². The summed E-state index contributed by atoms with van der Waals surface area (Å²) in [7, 11) is 0. The molecule has 0 saturated carbocycles. The van der Waals surface area contributed by atoms with Crippen molar-refractivity contribution in [3.05, 3.63) is 69.9 Å². The van der Waals surface area contributed by atoms with E-state index < -0.39 is 11.4 Å². The van der Waals surface area contributed by atoms with Gasteiger partial charge in [-0.25, -0.2) is 14.6 Å². The molecule has 3 aromatic heterocycles. The molecular weight excluding hydrogens is 386 g/mol. The second-order valence-electron chi connectivity index (χ2n) is 6.39. The molecule has 0 radical (unpaired) electrons. The van der Waals surface area contributed by atoms with Crippen LogP contribution in [0.1, 0.15) is 16.7 Å². The van der Waals surface area contributed by atoms with Gasteiger partial charge in [0.15, 0.2) is 5.82 Å². The number of rotatable bonds is 4. The summed E-state index contributed by atoms with van der Waals surface area (Å²) in [5.41, 5.74) is 1.65. The second kappa shape index (κ2) is 7.44. The van der Waals surface area contributed by atoms with E-state index in [1.165, 1.54) is 28.0 Å². The zero-order valence-corrected chi connectivity index (χ0v) is 16.0. The smallest absolute Gasteiger partial charge is 0.296 e.